The van der Waals surface area contributed by atoms with Crippen molar-refractivity contribution in [3.05, 3.63) is 36.5 Å². The number of nitrogens with one attached hydrogen (secondary N) is 1. The molecule has 0 spiro atoms. The number of alkyl halides is 2. The molecule has 4 nitrogen and oxygen atoms in total. The van der Waals surface area contributed by atoms with Gasteiger partial charge in [0.15, 0.2) is 0 Å². The van der Waals surface area contributed by atoms with Crippen LogP contribution in [0, 0.1) is 0 Å². The van der Waals surface area contributed by atoms with E-state index < -0.39 is 15.6 Å². The predicted molar refractivity (Wildman–Crippen MR) is 86.5 cm³/mol. The smallest absolute Gasteiger partial charge is 0.241 e. The number of sulfonamides is 1. The second-order valence-electron chi connectivity index (χ2n) is 4.83. The van der Waals surface area contributed by atoms with Gasteiger partial charge in [0.25, 0.3) is 0 Å². The molecule has 0 aliphatic heterocycles. The number of hydrogen-bond acceptors (Lipinski definition) is 3. The Kier molecular flexibility index (Phi) is 5.09. The van der Waals surface area contributed by atoms with Gasteiger partial charge in [-0.1, -0.05) is 13.0 Å². The third-order valence-corrected chi connectivity index (χ3v) is 6.09. The van der Waals surface area contributed by atoms with Gasteiger partial charge in [0.05, 0.1) is 16.0 Å². The maximum absolute atomic E-state index is 12.7. The number of fused-ring (bicyclic) bond motifs is 1. The lowest BCUT2D eigenvalue weighted by Gasteiger charge is -2.29. The molecule has 0 saturated heterocycles. The monoisotopic (exact) mass is 346 g/mol. The maximum atomic E-state index is 12.7. The molecule has 1 aromatic heterocycles. The first-order chi connectivity index (χ1) is 9.98. The van der Waals surface area contributed by atoms with E-state index in [4.69, 9.17) is 23.2 Å². The Morgan fingerprint density at radius 3 is 2.52 bits per heavy atom. The first-order valence-electron chi connectivity index (χ1n) is 6.48. The van der Waals surface area contributed by atoms with Gasteiger partial charge in [-0.3, -0.25) is 4.98 Å². The molecule has 0 bridgehead atoms. The summed E-state index contributed by atoms with van der Waals surface area (Å²) in [5, 5.41) is 0.571. The highest BCUT2D eigenvalue weighted by molar-refractivity contribution is 7.89. The van der Waals surface area contributed by atoms with Crippen LogP contribution >= 0.6 is 23.2 Å². The second-order valence-corrected chi connectivity index (χ2v) is 7.02. The molecule has 0 aliphatic rings. The van der Waals surface area contributed by atoms with E-state index >= 15 is 0 Å². The summed E-state index contributed by atoms with van der Waals surface area (Å²) < 4.78 is 28.0. The van der Waals surface area contributed by atoms with Crippen LogP contribution in [0.5, 0.6) is 0 Å². The summed E-state index contributed by atoms with van der Waals surface area (Å²) >= 11 is 11.8. The molecule has 7 heteroatoms. The Bertz CT molecular complexity index is 717. The van der Waals surface area contributed by atoms with E-state index in [9.17, 15) is 8.42 Å². The summed E-state index contributed by atoms with van der Waals surface area (Å²) in [5.74, 6) is 0.213. The number of hydrogen-bond donors (Lipinski definition) is 1. The van der Waals surface area contributed by atoms with Crippen molar-refractivity contribution in [1.82, 2.24) is 9.71 Å². The second kappa shape index (κ2) is 6.48. The fraction of sp³-hybridized carbons (Fsp3) is 0.357. The molecule has 21 heavy (non-hydrogen) atoms. The molecule has 1 N–H and O–H groups in total. The zero-order valence-corrected chi connectivity index (χ0v) is 13.8. The lowest BCUT2D eigenvalue weighted by molar-refractivity contribution is 0.450. The summed E-state index contributed by atoms with van der Waals surface area (Å²) in [4.78, 5) is 4.35. The van der Waals surface area contributed by atoms with E-state index in [0.29, 0.717) is 17.3 Å². The van der Waals surface area contributed by atoms with Gasteiger partial charge in [-0.25, -0.2) is 13.1 Å². The van der Waals surface area contributed by atoms with Crippen molar-refractivity contribution in [2.75, 3.05) is 11.8 Å². The molecule has 0 radical (unpaired) electrons. The van der Waals surface area contributed by atoms with Crippen LogP contribution < -0.4 is 4.72 Å². The Balaban J connectivity index is 2.52. The average Bonchev–Trinajstić information content (AvgIpc) is 2.52. The van der Waals surface area contributed by atoms with Gasteiger partial charge in [-0.05, 0) is 30.7 Å². The quantitative estimate of drug-likeness (QED) is 0.817. The minimum atomic E-state index is -3.74. The van der Waals surface area contributed by atoms with Crippen LogP contribution in [0.4, 0.5) is 0 Å². The van der Waals surface area contributed by atoms with E-state index in [1.54, 1.807) is 36.5 Å². The van der Waals surface area contributed by atoms with Crippen LogP contribution in [0.2, 0.25) is 0 Å². The standard InChI is InChI=1S/C14H16Cl2N2O2S/c1-2-14(9-15,10-16)18-21(19,20)13-7-3-6-12-11(13)5-4-8-17-12/h3-8,18H,2,9-10H2,1H3. The van der Waals surface area contributed by atoms with Gasteiger partial charge in [-0.2, -0.15) is 0 Å². The van der Waals surface area contributed by atoms with E-state index in [1.807, 2.05) is 6.92 Å². The molecule has 1 aromatic carbocycles. The van der Waals surface area contributed by atoms with Gasteiger partial charge < -0.3 is 0 Å². The van der Waals surface area contributed by atoms with E-state index in [2.05, 4.69) is 9.71 Å². The molecule has 0 saturated carbocycles. The van der Waals surface area contributed by atoms with Crippen molar-refractivity contribution < 1.29 is 8.42 Å². The third kappa shape index (κ3) is 3.31. The first-order valence-corrected chi connectivity index (χ1v) is 9.03. The zero-order valence-electron chi connectivity index (χ0n) is 11.5. The molecule has 0 atom stereocenters. The average molecular weight is 347 g/mol. The van der Waals surface area contributed by atoms with Crippen molar-refractivity contribution >= 4 is 44.1 Å². The number of halogens is 2. The normalized spacial score (nSPS) is 12.7. The van der Waals surface area contributed by atoms with E-state index in [-0.39, 0.29) is 16.7 Å². The summed E-state index contributed by atoms with van der Waals surface area (Å²) in [7, 11) is -3.74. The Hall–Kier alpha value is -0.880. The molecule has 0 fully saturated rings. The zero-order chi connectivity index (χ0) is 15.5. The maximum Gasteiger partial charge on any atom is 0.241 e. The minimum absolute atomic E-state index is 0.106. The van der Waals surface area contributed by atoms with Crippen molar-refractivity contribution in [2.24, 2.45) is 0 Å². The topological polar surface area (TPSA) is 59.1 Å². The third-order valence-electron chi connectivity index (χ3n) is 3.43. The summed E-state index contributed by atoms with van der Waals surface area (Å²) in [5.41, 5.74) is -0.231. The van der Waals surface area contributed by atoms with E-state index in [0.717, 1.165) is 0 Å². The lowest BCUT2D eigenvalue weighted by atomic mass is 10.0. The number of aromatic nitrogens is 1. The van der Waals surface area contributed by atoms with Gasteiger partial charge in [0.2, 0.25) is 10.0 Å². The first kappa shape index (κ1) is 16.5. The number of nitrogens with zero attached hydrogens (tertiary/aromatic N) is 1. The molecule has 2 aromatic rings. The molecule has 0 amide bonds. The highest BCUT2D eigenvalue weighted by atomic mass is 35.5. The van der Waals surface area contributed by atoms with E-state index in [1.165, 1.54) is 0 Å². The number of pyridine rings is 1. The molecule has 0 unspecified atom stereocenters. The Morgan fingerprint density at radius 1 is 1.19 bits per heavy atom. The summed E-state index contributed by atoms with van der Waals surface area (Å²) in [6.45, 7) is 1.85. The number of rotatable bonds is 6. The van der Waals surface area contributed by atoms with Crippen LogP contribution in [-0.2, 0) is 10.0 Å². The van der Waals surface area contributed by atoms with Crippen LogP contribution in [-0.4, -0.2) is 30.7 Å². The van der Waals surface area contributed by atoms with Crippen LogP contribution in [0.25, 0.3) is 10.9 Å². The molecule has 1 heterocycles. The molecule has 2 rings (SSSR count). The van der Waals surface area contributed by atoms with Gasteiger partial charge in [0.1, 0.15) is 0 Å². The minimum Gasteiger partial charge on any atom is -0.256 e. The molecule has 114 valence electrons. The predicted octanol–water partition coefficient (Wildman–Crippen LogP) is 3.14. The van der Waals surface area contributed by atoms with Crippen LogP contribution in [0.15, 0.2) is 41.4 Å². The van der Waals surface area contributed by atoms with Gasteiger partial charge >= 0.3 is 0 Å². The fourth-order valence-corrected chi connectivity index (χ4v) is 4.65. The van der Waals surface area contributed by atoms with Crippen molar-refractivity contribution in [3.8, 4) is 0 Å². The summed E-state index contributed by atoms with van der Waals surface area (Å²) in [6, 6.07) is 8.42. The SMILES string of the molecule is CCC(CCl)(CCl)NS(=O)(=O)c1cccc2ncccc12. The summed E-state index contributed by atoms with van der Waals surface area (Å²) in [6.07, 6.45) is 2.13. The highest BCUT2D eigenvalue weighted by Crippen LogP contribution is 2.24. The molecule has 0 aliphatic carbocycles. The highest BCUT2D eigenvalue weighted by Gasteiger charge is 2.33. The van der Waals surface area contributed by atoms with Crippen LogP contribution in [0.3, 0.4) is 0 Å². The van der Waals surface area contributed by atoms with Gasteiger partial charge in [0, 0.05) is 23.3 Å². The van der Waals surface area contributed by atoms with Crippen LogP contribution in [0.1, 0.15) is 13.3 Å². The molecular weight excluding hydrogens is 331 g/mol. The lowest BCUT2D eigenvalue weighted by Crippen LogP contribution is -2.51. The fourth-order valence-electron chi connectivity index (χ4n) is 2.00. The van der Waals surface area contributed by atoms with Gasteiger partial charge in [-0.15, -0.1) is 23.2 Å². The van der Waals surface area contributed by atoms with Crippen molar-refractivity contribution in [3.63, 3.8) is 0 Å². The number of benzene rings is 1. The Morgan fingerprint density at radius 2 is 1.90 bits per heavy atom. The molecular formula is C14H16Cl2N2O2S. The Labute approximate surface area is 134 Å². The van der Waals surface area contributed by atoms with Crippen molar-refractivity contribution in [1.29, 1.82) is 0 Å². The van der Waals surface area contributed by atoms with Crippen molar-refractivity contribution in [2.45, 2.75) is 23.8 Å². The largest absolute Gasteiger partial charge is 0.256 e.